The molecule has 0 saturated carbocycles. The van der Waals surface area contributed by atoms with Gasteiger partial charge in [0.1, 0.15) is 47.7 Å². The molecule has 0 bridgehead atoms. The molecule has 0 heterocycles. The highest BCUT2D eigenvalue weighted by Crippen LogP contribution is 2.25. The van der Waals surface area contributed by atoms with Gasteiger partial charge in [-0.3, -0.25) is 0 Å². The molecular formula is C40H40O8. The lowest BCUT2D eigenvalue weighted by Crippen LogP contribution is -2.08. The maximum Gasteiger partial charge on any atom is 0.338 e. The third-order valence-electron chi connectivity index (χ3n) is 7.10. The zero-order valence-electron chi connectivity index (χ0n) is 27.0. The highest BCUT2D eigenvalue weighted by atomic mass is 16.5. The fraction of sp³-hybridized carbons (Fsp3) is 0.225. The largest absolute Gasteiger partial charge is 0.493 e. The van der Waals surface area contributed by atoms with Gasteiger partial charge in [-0.1, -0.05) is 60.7 Å². The smallest absolute Gasteiger partial charge is 0.338 e. The van der Waals surface area contributed by atoms with Crippen LogP contribution in [0.25, 0.3) is 0 Å². The van der Waals surface area contributed by atoms with Crippen LogP contribution in [0.5, 0.6) is 34.5 Å². The molecule has 0 N–H and O–H groups in total. The zero-order valence-corrected chi connectivity index (χ0v) is 27.0. The summed E-state index contributed by atoms with van der Waals surface area (Å²) in [6, 6.07) is 40.2. The van der Waals surface area contributed by atoms with E-state index in [4.69, 9.17) is 33.2 Å². The van der Waals surface area contributed by atoms with E-state index < -0.39 is 5.97 Å². The van der Waals surface area contributed by atoms with Crippen LogP contribution in [-0.2, 0) is 18.0 Å². The minimum absolute atomic E-state index is 0.349. The molecule has 0 radical (unpaired) electrons. The number of rotatable bonds is 19. The number of carbonyl (C=O) groups is 1. The van der Waals surface area contributed by atoms with Crippen molar-refractivity contribution in [2.24, 2.45) is 0 Å². The molecule has 0 fully saturated rings. The Morgan fingerprint density at radius 3 is 1.17 bits per heavy atom. The van der Waals surface area contributed by atoms with E-state index in [9.17, 15) is 4.79 Å². The number of methoxy groups -OCH3 is 1. The Morgan fingerprint density at radius 2 is 0.792 bits per heavy atom. The average Bonchev–Trinajstić information content (AvgIpc) is 3.14. The Bertz CT molecular complexity index is 1540. The van der Waals surface area contributed by atoms with Crippen molar-refractivity contribution in [2.75, 3.05) is 33.5 Å². The molecule has 0 spiro atoms. The van der Waals surface area contributed by atoms with Crippen molar-refractivity contribution < 1.29 is 38.0 Å². The molecule has 0 aliphatic rings. The minimum Gasteiger partial charge on any atom is -0.493 e. The van der Waals surface area contributed by atoms with E-state index >= 15 is 0 Å². The van der Waals surface area contributed by atoms with Crippen LogP contribution in [0.1, 0.15) is 34.3 Å². The third kappa shape index (κ3) is 11.3. The van der Waals surface area contributed by atoms with E-state index in [1.807, 2.05) is 109 Å². The second kappa shape index (κ2) is 18.5. The Balaban J connectivity index is 0.999. The highest BCUT2D eigenvalue weighted by Gasteiger charge is 2.11. The van der Waals surface area contributed by atoms with Crippen LogP contribution in [0.4, 0.5) is 0 Å². The Hall–Kier alpha value is -5.63. The molecule has 0 saturated heterocycles. The Morgan fingerprint density at radius 1 is 0.438 bits per heavy atom. The SMILES string of the molecule is COC(=O)c1cc(OCCCOc2ccc(OCc3ccccc3)cc2)cc(OCCCOc2ccc(OCc3ccccc3)cc2)c1. The van der Waals surface area contributed by atoms with Crippen LogP contribution in [0.15, 0.2) is 127 Å². The topological polar surface area (TPSA) is 81.7 Å². The van der Waals surface area contributed by atoms with Gasteiger partial charge in [0.2, 0.25) is 0 Å². The van der Waals surface area contributed by atoms with Crippen LogP contribution in [-0.4, -0.2) is 39.5 Å². The van der Waals surface area contributed by atoms with Crippen LogP contribution < -0.4 is 28.4 Å². The minimum atomic E-state index is -0.468. The molecule has 5 aromatic rings. The second-order valence-corrected chi connectivity index (χ2v) is 10.8. The summed E-state index contributed by atoms with van der Waals surface area (Å²) in [6.45, 7) is 2.75. The van der Waals surface area contributed by atoms with Crippen molar-refractivity contribution in [3.8, 4) is 34.5 Å². The molecule has 0 aliphatic heterocycles. The molecule has 0 atom stereocenters. The number of hydrogen-bond acceptors (Lipinski definition) is 8. The predicted octanol–water partition coefficient (Wildman–Crippen LogP) is 8.33. The monoisotopic (exact) mass is 648 g/mol. The standard InChI is InChI=1S/C40H40O8/c1-42-40(41)33-26-38(45-24-8-22-43-34-14-18-36(19-15-34)47-29-31-10-4-2-5-11-31)28-39(27-33)46-25-9-23-44-35-16-20-37(21-17-35)48-30-32-12-6-3-7-13-32/h2-7,10-21,26-28H,8-9,22-25,29-30H2,1H3. The first kappa shape index (κ1) is 33.7. The molecule has 8 heteroatoms. The maximum atomic E-state index is 12.3. The lowest BCUT2D eigenvalue weighted by atomic mass is 10.2. The number of carbonyl (C=O) groups excluding carboxylic acids is 1. The van der Waals surface area contributed by atoms with E-state index in [0.29, 0.717) is 69.5 Å². The molecule has 0 aliphatic carbocycles. The van der Waals surface area contributed by atoms with Gasteiger partial charge < -0.3 is 33.2 Å². The summed E-state index contributed by atoms with van der Waals surface area (Å²) in [6.07, 6.45) is 1.28. The fourth-order valence-corrected chi connectivity index (χ4v) is 4.60. The van der Waals surface area contributed by atoms with E-state index in [1.54, 1.807) is 18.2 Å². The zero-order chi connectivity index (χ0) is 33.2. The van der Waals surface area contributed by atoms with E-state index in [-0.39, 0.29) is 0 Å². The van der Waals surface area contributed by atoms with Gasteiger partial charge >= 0.3 is 5.97 Å². The van der Waals surface area contributed by atoms with Crippen LogP contribution in [0.3, 0.4) is 0 Å². The van der Waals surface area contributed by atoms with E-state index in [2.05, 4.69) is 0 Å². The lowest BCUT2D eigenvalue weighted by Gasteiger charge is -2.13. The van der Waals surface area contributed by atoms with Crippen LogP contribution in [0.2, 0.25) is 0 Å². The first-order chi connectivity index (χ1) is 23.6. The summed E-state index contributed by atoms with van der Waals surface area (Å²) < 4.78 is 40.1. The van der Waals surface area contributed by atoms with Crippen molar-refractivity contribution in [3.05, 3.63) is 144 Å². The highest BCUT2D eigenvalue weighted by molar-refractivity contribution is 5.90. The number of esters is 1. The van der Waals surface area contributed by atoms with Gasteiger partial charge in [-0.05, 0) is 71.8 Å². The predicted molar refractivity (Wildman–Crippen MR) is 183 cm³/mol. The van der Waals surface area contributed by atoms with Gasteiger partial charge in [-0.2, -0.15) is 0 Å². The summed E-state index contributed by atoms with van der Waals surface area (Å²) in [7, 11) is 1.34. The van der Waals surface area contributed by atoms with Crippen molar-refractivity contribution in [3.63, 3.8) is 0 Å². The molecular weight excluding hydrogens is 608 g/mol. The van der Waals surface area contributed by atoms with Gasteiger partial charge in [0.15, 0.2) is 0 Å². The first-order valence-corrected chi connectivity index (χ1v) is 15.9. The van der Waals surface area contributed by atoms with Gasteiger partial charge in [0.05, 0.1) is 39.1 Å². The molecule has 5 aromatic carbocycles. The number of ether oxygens (including phenoxy) is 7. The molecule has 248 valence electrons. The molecule has 0 unspecified atom stereocenters. The molecule has 8 nitrogen and oxygen atoms in total. The van der Waals surface area contributed by atoms with Crippen molar-refractivity contribution in [1.29, 1.82) is 0 Å². The number of hydrogen-bond donors (Lipinski definition) is 0. The molecule has 0 aromatic heterocycles. The van der Waals surface area contributed by atoms with Gasteiger partial charge in [0.25, 0.3) is 0 Å². The Kier molecular flexibility index (Phi) is 13.0. The summed E-state index contributed by atoms with van der Waals surface area (Å²) >= 11 is 0. The van der Waals surface area contributed by atoms with Gasteiger partial charge in [-0.25, -0.2) is 4.79 Å². The van der Waals surface area contributed by atoms with Crippen molar-refractivity contribution >= 4 is 5.97 Å². The quantitative estimate of drug-likeness (QED) is 0.0653. The summed E-state index contributed by atoms with van der Waals surface area (Å²) in [5.41, 5.74) is 2.58. The third-order valence-corrected chi connectivity index (χ3v) is 7.10. The lowest BCUT2D eigenvalue weighted by molar-refractivity contribution is 0.0599. The van der Waals surface area contributed by atoms with Crippen molar-refractivity contribution in [2.45, 2.75) is 26.1 Å². The molecule has 48 heavy (non-hydrogen) atoms. The summed E-state index contributed by atoms with van der Waals surface area (Å²) in [4.78, 5) is 12.3. The second-order valence-electron chi connectivity index (χ2n) is 10.8. The van der Waals surface area contributed by atoms with Gasteiger partial charge in [-0.15, -0.1) is 0 Å². The van der Waals surface area contributed by atoms with E-state index in [0.717, 1.165) is 34.1 Å². The molecule has 5 rings (SSSR count). The summed E-state index contributed by atoms with van der Waals surface area (Å²) in [5, 5.41) is 0. The average molecular weight is 649 g/mol. The van der Waals surface area contributed by atoms with Gasteiger partial charge in [0, 0.05) is 18.9 Å². The van der Waals surface area contributed by atoms with Crippen LogP contribution >= 0.6 is 0 Å². The first-order valence-electron chi connectivity index (χ1n) is 15.9. The maximum absolute atomic E-state index is 12.3. The Labute approximate surface area is 281 Å². The molecule has 0 amide bonds. The van der Waals surface area contributed by atoms with E-state index in [1.165, 1.54) is 7.11 Å². The fourth-order valence-electron chi connectivity index (χ4n) is 4.60. The normalized spacial score (nSPS) is 10.5. The van der Waals surface area contributed by atoms with Crippen LogP contribution in [0, 0.1) is 0 Å². The summed E-state index contributed by atoms with van der Waals surface area (Å²) in [5.74, 6) is 3.61. The van der Waals surface area contributed by atoms with Crippen molar-refractivity contribution in [1.82, 2.24) is 0 Å². The number of benzene rings is 5.